The summed E-state index contributed by atoms with van der Waals surface area (Å²) in [5.41, 5.74) is 0.498. The smallest absolute Gasteiger partial charge is 0.393 e. The number of carbonyl (C=O) groups is 1. The fourth-order valence-corrected chi connectivity index (χ4v) is 4.87. The van der Waals surface area contributed by atoms with Gasteiger partial charge in [0.1, 0.15) is 0 Å². The van der Waals surface area contributed by atoms with Crippen LogP contribution in [0, 0.1) is 0 Å². The fourth-order valence-electron chi connectivity index (χ4n) is 3.83. The quantitative estimate of drug-likeness (QED) is 0.428. The molecule has 186 valence electrons. The van der Waals surface area contributed by atoms with Crippen molar-refractivity contribution in [2.24, 2.45) is 0 Å². The van der Waals surface area contributed by atoms with E-state index in [4.69, 9.17) is 11.6 Å². The van der Waals surface area contributed by atoms with E-state index in [-0.39, 0.29) is 16.9 Å². The second-order valence-corrected chi connectivity index (χ2v) is 9.49. The molecule has 4 rings (SSSR count). The summed E-state index contributed by atoms with van der Waals surface area (Å²) in [6, 6.07) is 11.1. The Bertz CT molecular complexity index is 1170. The maximum atomic E-state index is 13.4. The highest BCUT2D eigenvalue weighted by Crippen LogP contribution is 2.36. The van der Waals surface area contributed by atoms with Crippen LogP contribution in [0.3, 0.4) is 0 Å². The van der Waals surface area contributed by atoms with E-state index in [1.165, 1.54) is 12.1 Å². The van der Waals surface area contributed by atoms with Gasteiger partial charge in [0.2, 0.25) is 0 Å². The number of nitrogens with zero attached hydrogens (tertiary/aromatic N) is 3. The zero-order chi connectivity index (χ0) is 25.0. The van der Waals surface area contributed by atoms with Crippen LogP contribution in [0.15, 0.2) is 53.9 Å². The van der Waals surface area contributed by atoms with Gasteiger partial charge >= 0.3 is 12.2 Å². The van der Waals surface area contributed by atoms with Crippen molar-refractivity contribution < 1.29 is 23.1 Å². The van der Waals surface area contributed by atoms with E-state index in [0.717, 1.165) is 47.0 Å². The van der Waals surface area contributed by atoms with Crippen molar-refractivity contribution in [3.8, 4) is 11.3 Å². The second kappa shape index (κ2) is 10.9. The number of benzene rings is 2. The Morgan fingerprint density at radius 3 is 2.66 bits per heavy atom. The second-order valence-electron chi connectivity index (χ2n) is 8.21. The molecule has 2 N–H and O–H groups in total. The minimum absolute atomic E-state index is 0.0606. The molecule has 0 atom stereocenters. The van der Waals surface area contributed by atoms with Gasteiger partial charge in [-0.05, 0) is 43.2 Å². The molecular weight excluding hydrogens is 501 g/mol. The van der Waals surface area contributed by atoms with Gasteiger partial charge in [-0.1, -0.05) is 29.8 Å². The molecule has 0 aliphatic carbocycles. The molecule has 1 saturated heterocycles. The number of aromatic nitrogens is 1. The van der Waals surface area contributed by atoms with Gasteiger partial charge in [-0.25, -0.2) is 14.7 Å². The molecule has 1 aliphatic rings. The molecule has 35 heavy (non-hydrogen) atoms. The Kier molecular flexibility index (Phi) is 7.95. The number of hydrogen-bond donors (Lipinski definition) is 2. The average Bonchev–Trinajstić information content (AvgIpc) is 3.30. The molecule has 0 saturated carbocycles. The highest BCUT2D eigenvalue weighted by molar-refractivity contribution is 7.14. The van der Waals surface area contributed by atoms with Crippen molar-refractivity contribution in [2.75, 3.05) is 31.1 Å². The molecule has 1 aromatic heterocycles. The number of aliphatic hydroxyl groups is 1. The van der Waals surface area contributed by atoms with Crippen LogP contribution in [-0.2, 0) is 6.18 Å². The number of piperidine rings is 1. The van der Waals surface area contributed by atoms with E-state index in [0.29, 0.717) is 36.6 Å². The van der Waals surface area contributed by atoms with Crippen molar-refractivity contribution in [3.63, 3.8) is 0 Å². The van der Waals surface area contributed by atoms with E-state index >= 15 is 0 Å². The molecule has 1 aliphatic heterocycles. The van der Waals surface area contributed by atoms with Gasteiger partial charge in [0.25, 0.3) is 0 Å². The predicted molar refractivity (Wildman–Crippen MR) is 131 cm³/mol. The number of hydrogen-bond acceptors (Lipinski definition) is 5. The van der Waals surface area contributed by atoms with Gasteiger partial charge in [-0.15, -0.1) is 11.3 Å². The average molecular weight is 525 g/mol. The number of anilines is 2. The Labute approximate surface area is 210 Å². The first-order chi connectivity index (χ1) is 16.7. The SMILES string of the molecule is O=C(NCCN1CCC(O)CC1)N(c1cccc(C(F)(F)F)c1)c1nc(-c2cccc(Cl)c2)cs1. The zero-order valence-electron chi connectivity index (χ0n) is 18.6. The van der Waals surface area contributed by atoms with Crippen LogP contribution in [0.25, 0.3) is 11.3 Å². The molecule has 0 unspecified atom stereocenters. The lowest BCUT2D eigenvalue weighted by Gasteiger charge is -2.29. The molecule has 2 amide bonds. The molecule has 2 heterocycles. The van der Waals surface area contributed by atoms with Gasteiger partial charge in [-0.3, -0.25) is 0 Å². The molecule has 3 aromatic rings. The topological polar surface area (TPSA) is 68.7 Å². The minimum Gasteiger partial charge on any atom is -0.393 e. The van der Waals surface area contributed by atoms with E-state index in [9.17, 15) is 23.1 Å². The number of thiazole rings is 1. The van der Waals surface area contributed by atoms with Gasteiger partial charge in [0.15, 0.2) is 5.13 Å². The lowest BCUT2D eigenvalue weighted by molar-refractivity contribution is -0.137. The minimum atomic E-state index is -4.55. The van der Waals surface area contributed by atoms with E-state index in [2.05, 4.69) is 15.2 Å². The normalized spacial score (nSPS) is 15.2. The third kappa shape index (κ3) is 6.52. The summed E-state index contributed by atoms with van der Waals surface area (Å²) < 4.78 is 40.1. The first-order valence-corrected chi connectivity index (χ1v) is 12.3. The number of urea groups is 1. The van der Waals surface area contributed by atoms with E-state index < -0.39 is 17.8 Å². The van der Waals surface area contributed by atoms with Crippen LogP contribution in [-0.4, -0.2) is 53.3 Å². The Morgan fingerprint density at radius 2 is 1.94 bits per heavy atom. The number of halogens is 4. The van der Waals surface area contributed by atoms with E-state index in [1.54, 1.807) is 23.6 Å². The lowest BCUT2D eigenvalue weighted by atomic mass is 10.1. The molecule has 11 heteroatoms. The molecule has 0 spiro atoms. The van der Waals surface area contributed by atoms with Gasteiger partial charge in [0.05, 0.1) is 23.0 Å². The van der Waals surface area contributed by atoms with E-state index in [1.807, 2.05) is 6.07 Å². The number of amides is 2. The van der Waals surface area contributed by atoms with Gasteiger partial charge in [0, 0.05) is 42.1 Å². The van der Waals surface area contributed by atoms with Crippen molar-refractivity contribution in [2.45, 2.75) is 25.1 Å². The molecule has 6 nitrogen and oxygen atoms in total. The van der Waals surface area contributed by atoms with Crippen LogP contribution in [0.1, 0.15) is 18.4 Å². The lowest BCUT2D eigenvalue weighted by Crippen LogP contribution is -2.43. The summed E-state index contributed by atoms with van der Waals surface area (Å²) >= 11 is 7.22. The monoisotopic (exact) mass is 524 g/mol. The molecule has 1 fully saturated rings. The number of rotatable bonds is 6. The highest BCUT2D eigenvalue weighted by Gasteiger charge is 2.32. The third-order valence-electron chi connectivity index (χ3n) is 5.70. The standard InChI is InChI=1S/C24H24ClF3N4O2S/c25-18-5-1-3-16(13-18)21-15-35-23(30-21)32(19-6-2-4-17(14-19)24(26,27)28)22(34)29-9-12-31-10-7-20(33)8-11-31/h1-6,13-15,20,33H,7-12H2,(H,29,34). The summed E-state index contributed by atoms with van der Waals surface area (Å²) in [5, 5.41) is 14.9. The van der Waals surface area contributed by atoms with Crippen molar-refractivity contribution in [3.05, 3.63) is 64.5 Å². The largest absolute Gasteiger partial charge is 0.416 e. The summed E-state index contributed by atoms with van der Waals surface area (Å²) in [6.45, 7) is 2.32. The predicted octanol–water partition coefficient (Wildman–Crippen LogP) is 5.79. The van der Waals surface area contributed by atoms with Crippen molar-refractivity contribution >= 4 is 39.8 Å². The van der Waals surface area contributed by atoms with Crippen LogP contribution in [0.2, 0.25) is 5.02 Å². The Hall–Kier alpha value is -2.66. The van der Waals surface area contributed by atoms with Crippen LogP contribution in [0.5, 0.6) is 0 Å². The number of nitrogens with one attached hydrogen (secondary N) is 1. The summed E-state index contributed by atoms with van der Waals surface area (Å²) in [6.07, 6.45) is -3.49. The number of likely N-dealkylation sites (tertiary alicyclic amines) is 1. The number of alkyl halides is 3. The maximum absolute atomic E-state index is 13.4. The molecular formula is C24H24ClF3N4O2S. The molecule has 0 radical (unpaired) electrons. The molecule has 0 bridgehead atoms. The Balaban J connectivity index is 1.57. The number of aliphatic hydroxyl groups excluding tert-OH is 1. The van der Waals surface area contributed by atoms with Gasteiger partial charge < -0.3 is 15.3 Å². The summed E-state index contributed by atoms with van der Waals surface area (Å²) in [4.78, 5) is 21.0. The number of carbonyl (C=O) groups excluding carboxylic acids is 1. The first-order valence-electron chi connectivity index (χ1n) is 11.1. The Morgan fingerprint density at radius 1 is 1.20 bits per heavy atom. The highest BCUT2D eigenvalue weighted by atomic mass is 35.5. The summed E-state index contributed by atoms with van der Waals surface area (Å²) in [7, 11) is 0. The van der Waals surface area contributed by atoms with Crippen LogP contribution < -0.4 is 10.2 Å². The van der Waals surface area contributed by atoms with Crippen molar-refractivity contribution in [1.82, 2.24) is 15.2 Å². The third-order valence-corrected chi connectivity index (χ3v) is 6.76. The maximum Gasteiger partial charge on any atom is 0.416 e. The zero-order valence-corrected chi connectivity index (χ0v) is 20.2. The molecule has 2 aromatic carbocycles. The first kappa shape index (κ1) is 25.4. The van der Waals surface area contributed by atoms with Gasteiger partial charge in [-0.2, -0.15) is 13.2 Å². The van der Waals surface area contributed by atoms with Crippen LogP contribution >= 0.6 is 22.9 Å². The fraction of sp³-hybridized carbons (Fsp3) is 0.333. The summed E-state index contributed by atoms with van der Waals surface area (Å²) in [5.74, 6) is 0. The van der Waals surface area contributed by atoms with Crippen LogP contribution in [0.4, 0.5) is 28.8 Å². The van der Waals surface area contributed by atoms with Crippen molar-refractivity contribution in [1.29, 1.82) is 0 Å².